The Balaban J connectivity index is 1.73. The van der Waals surface area contributed by atoms with Gasteiger partial charge in [0.1, 0.15) is 29.9 Å². The number of hydrogen-bond acceptors (Lipinski definition) is 12. The lowest BCUT2D eigenvalue weighted by Crippen LogP contribution is -2.58. The molecule has 22 nitrogen and oxygen atoms in total. The predicted molar refractivity (Wildman–Crippen MR) is 228 cm³/mol. The normalized spacial score (nSPS) is 18.9. The number of rotatable bonds is 22. The number of aromatic nitrogens is 2. The van der Waals surface area contributed by atoms with Gasteiger partial charge in [-0.05, 0) is 82.7 Å². The number of phenols is 1. The van der Waals surface area contributed by atoms with Crippen LogP contribution in [0.2, 0.25) is 0 Å². The summed E-state index contributed by atoms with van der Waals surface area (Å²) in [5.74, 6) is -6.00. The Labute approximate surface area is 360 Å². The lowest BCUT2D eigenvalue weighted by Gasteiger charge is -2.26. The van der Waals surface area contributed by atoms with Gasteiger partial charge in [0.25, 0.3) is 0 Å². The minimum Gasteiger partial charge on any atom is -0.508 e. The fourth-order valence-electron chi connectivity index (χ4n) is 6.76. The van der Waals surface area contributed by atoms with Crippen molar-refractivity contribution in [3.63, 3.8) is 0 Å². The third-order valence-corrected chi connectivity index (χ3v) is 9.97. The number of aryl methyl sites for hydroxylation is 2. The summed E-state index contributed by atoms with van der Waals surface area (Å²) >= 11 is 0. The van der Waals surface area contributed by atoms with Gasteiger partial charge in [0.15, 0.2) is 5.96 Å². The molecule has 6 amide bonds. The summed E-state index contributed by atoms with van der Waals surface area (Å²) in [4.78, 5) is 98.1. The van der Waals surface area contributed by atoms with Crippen LogP contribution in [0.5, 0.6) is 5.75 Å². The number of guanidine groups is 1. The van der Waals surface area contributed by atoms with Crippen LogP contribution in [0.15, 0.2) is 35.3 Å². The number of carboxylic acids is 1. The van der Waals surface area contributed by atoms with Crippen molar-refractivity contribution in [2.24, 2.45) is 22.2 Å². The van der Waals surface area contributed by atoms with E-state index in [-0.39, 0.29) is 62.8 Å². The number of carbonyl (C=O) groups is 7. The number of hydrogen-bond donors (Lipinski definition) is 11. The zero-order valence-electron chi connectivity index (χ0n) is 35.5. The van der Waals surface area contributed by atoms with Gasteiger partial charge in [0.2, 0.25) is 35.4 Å². The first kappa shape index (κ1) is 50.1. The molecule has 342 valence electrons. The molecular formula is C40H63N13O9. The van der Waals surface area contributed by atoms with Crippen LogP contribution in [0, 0.1) is 13.8 Å². The van der Waals surface area contributed by atoms with Crippen molar-refractivity contribution < 1.29 is 43.8 Å². The average molecular weight is 870 g/mol. The lowest BCUT2D eigenvalue weighted by atomic mass is 10.0. The molecule has 0 radical (unpaired) electrons. The number of aromatic hydroxyl groups is 1. The zero-order chi connectivity index (χ0) is 45.6. The van der Waals surface area contributed by atoms with E-state index < -0.39 is 72.6 Å². The minimum atomic E-state index is -1.63. The Kier molecular flexibility index (Phi) is 21.1. The first-order valence-corrected chi connectivity index (χ1v) is 20.8. The molecular weight excluding hydrogens is 807 g/mol. The fourth-order valence-corrected chi connectivity index (χ4v) is 6.76. The maximum atomic E-state index is 14.0. The Morgan fingerprint density at radius 2 is 1.50 bits per heavy atom. The molecule has 0 saturated carbocycles. The van der Waals surface area contributed by atoms with E-state index in [0.29, 0.717) is 51.0 Å². The van der Waals surface area contributed by atoms with Gasteiger partial charge in [-0.25, -0.2) is 0 Å². The SMILES string of the molecule is Cc1cc(C)n(CCN(CCN)CCCC(=O)NCCCC[C@H]2NC(=O)[C@@H](Cc3ccc(O)cc3)NC(=O)[C@@H](CC(=O)O)NC(=O)CNC(=O)[C@@H](CCCN=C(N)N)NC2=O)n1. The first-order chi connectivity index (χ1) is 29.5. The van der Waals surface area contributed by atoms with Crippen LogP contribution in [0.25, 0.3) is 0 Å². The van der Waals surface area contributed by atoms with Gasteiger partial charge < -0.3 is 64.2 Å². The van der Waals surface area contributed by atoms with Gasteiger partial charge in [-0.2, -0.15) is 5.10 Å². The fraction of sp³-hybridized carbons (Fsp3) is 0.575. The second kappa shape index (κ2) is 26.1. The van der Waals surface area contributed by atoms with E-state index in [0.717, 1.165) is 17.9 Å². The largest absolute Gasteiger partial charge is 0.508 e. The second-order valence-corrected chi connectivity index (χ2v) is 15.2. The molecule has 4 atom stereocenters. The molecule has 2 aromatic rings. The second-order valence-electron chi connectivity index (χ2n) is 15.2. The number of phenolic OH excluding ortho intramolecular Hbond substituents is 1. The number of benzene rings is 1. The van der Waals surface area contributed by atoms with Crippen LogP contribution in [-0.4, -0.2) is 142 Å². The highest BCUT2D eigenvalue weighted by atomic mass is 16.4. The van der Waals surface area contributed by atoms with Crippen molar-refractivity contribution in [2.75, 3.05) is 45.8 Å². The summed E-state index contributed by atoms with van der Waals surface area (Å²) in [6, 6.07) is 2.34. The van der Waals surface area contributed by atoms with Gasteiger partial charge in [-0.3, -0.25) is 43.2 Å². The minimum absolute atomic E-state index is 0.0293. The number of unbranched alkanes of at least 4 members (excludes halogenated alkanes) is 1. The van der Waals surface area contributed by atoms with Crippen molar-refractivity contribution in [3.8, 4) is 5.75 Å². The Morgan fingerprint density at radius 1 is 0.855 bits per heavy atom. The smallest absolute Gasteiger partial charge is 0.305 e. The number of nitrogens with zero attached hydrogens (tertiary/aromatic N) is 4. The molecule has 14 N–H and O–H groups in total. The van der Waals surface area contributed by atoms with E-state index in [4.69, 9.17) is 17.2 Å². The van der Waals surface area contributed by atoms with E-state index in [1.54, 1.807) is 0 Å². The van der Waals surface area contributed by atoms with Crippen molar-refractivity contribution in [1.82, 2.24) is 46.6 Å². The van der Waals surface area contributed by atoms with Gasteiger partial charge in [0.05, 0.1) is 25.2 Å². The molecule has 0 bridgehead atoms. The van der Waals surface area contributed by atoms with Gasteiger partial charge in [0, 0.05) is 51.3 Å². The summed E-state index contributed by atoms with van der Waals surface area (Å²) in [6.07, 6.45) is 1.000. The highest BCUT2D eigenvalue weighted by Gasteiger charge is 2.33. The summed E-state index contributed by atoms with van der Waals surface area (Å²) in [5, 5.41) is 39.3. The van der Waals surface area contributed by atoms with Gasteiger partial charge in [-0.15, -0.1) is 0 Å². The van der Waals surface area contributed by atoms with Crippen molar-refractivity contribution in [3.05, 3.63) is 47.3 Å². The summed E-state index contributed by atoms with van der Waals surface area (Å²) in [7, 11) is 0. The average Bonchev–Trinajstić information content (AvgIpc) is 3.54. The third-order valence-electron chi connectivity index (χ3n) is 9.97. The van der Waals surface area contributed by atoms with Crippen LogP contribution < -0.4 is 49.1 Å². The molecule has 1 aliphatic rings. The van der Waals surface area contributed by atoms with E-state index in [1.165, 1.54) is 24.3 Å². The van der Waals surface area contributed by atoms with Crippen LogP contribution in [0.1, 0.15) is 68.3 Å². The molecule has 0 spiro atoms. The topological polar surface area (TPSA) is 344 Å². The Hall–Kier alpha value is -6.29. The van der Waals surface area contributed by atoms with Crippen molar-refractivity contribution in [1.29, 1.82) is 0 Å². The third kappa shape index (κ3) is 18.5. The molecule has 62 heavy (non-hydrogen) atoms. The van der Waals surface area contributed by atoms with Crippen LogP contribution in [-0.2, 0) is 46.5 Å². The maximum absolute atomic E-state index is 14.0. The zero-order valence-corrected chi connectivity index (χ0v) is 35.5. The standard InChI is InChI=1S/C40H63N13O9/c1-25-21-26(2)53(51-25)20-19-52(18-14-41)17-6-9-33(55)44-15-4-3-7-30-37(60)48-29(8-5-16-45-40(42)43)36(59)46-24-34(56)47-32(23-35(57)58)39(62)50-31(38(61)49-30)22-27-10-12-28(54)13-11-27/h10-13,21,29-32,54H,3-9,14-20,22-24,41H2,1-2H3,(H,44,55)(H,46,59)(H,47,56)(H,48,60)(H,49,61)(H,50,62)(H,57,58)(H4,42,43,45)/t29-,30-,31-,32-/m1/s1. The number of carboxylic acid groups (broad SMARTS) is 1. The number of aliphatic carboxylic acids is 1. The summed E-state index contributed by atoms with van der Waals surface area (Å²) in [6.45, 7) is 6.98. The molecule has 1 aromatic heterocycles. The van der Waals surface area contributed by atoms with Gasteiger partial charge >= 0.3 is 5.97 Å². The molecule has 1 aromatic carbocycles. The summed E-state index contributed by atoms with van der Waals surface area (Å²) in [5.41, 5.74) is 19.2. The quantitative estimate of drug-likeness (QED) is 0.0328. The molecule has 2 heterocycles. The maximum Gasteiger partial charge on any atom is 0.305 e. The molecule has 1 saturated heterocycles. The van der Waals surface area contributed by atoms with E-state index >= 15 is 0 Å². The Morgan fingerprint density at radius 3 is 2.15 bits per heavy atom. The molecule has 0 aliphatic carbocycles. The first-order valence-electron chi connectivity index (χ1n) is 20.8. The molecule has 0 unspecified atom stereocenters. The highest BCUT2D eigenvalue weighted by molar-refractivity contribution is 5.98. The number of nitrogens with one attached hydrogen (secondary N) is 6. The number of aliphatic imine (C=N–C) groups is 1. The van der Waals surface area contributed by atoms with Crippen LogP contribution in [0.4, 0.5) is 0 Å². The predicted octanol–water partition coefficient (Wildman–Crippen LogP) is -2.63. The van der Waals surface area contributed by atoms with Crippen LogP contribution in [0.3, 0.4) is 0 Å². The molecule has 1 fully saturated rings. The lowest BCUT2D eigenvalue weighted by molar-refractivity contribution is -0.141. The number of carbonyl (C=O) groups excluding carboxylic acids is 6. The number of nitrogens with two attached hydrogens (primary N) is 3. The van der Waals surface area contributed by atoms with E-state index in [1.807, 2.05) is 24.6 Å². The van der Waals surface area contributed by atoms with Gasteiger partial charge in [-0.1, -0.05) is 12.1 Å². The van der Waals surface area contributed by atoms with Crippen LogP contribution >= 0.6 is 0 Å². The van der Waals surface area contributed by atoms with E-state index in [9.17, 15) is 43.8 Å². The van der Waals surface area contributed by atoms with Crippen molar-refractivity contribution >= 4 is 47.4 Å². The molecule has 1 aliphatic heterocycles. The number of amides is 6. The van der Waals surface area contributed by atoms with Crippen molar-refractivity contribution in [2.45, 2.75) is 102 Å². The Bertz CT molecular complexity index is 1850. The summed E-state index contributed by atoms with van der Waals surface area (Å²) < 4.78 is 1.95. The highest BCUT2D eigenvalue weighted by Crippen LogP contribution is 2.13. The molecule has 3 rings (SSSR count). The molecule has 22 heteroatoms. The monoisotopic (exact) mass is 869 g/mol. The van der Waals surface area contributed by atoms with E-state index in [2.05, 4.69) is 46.9 Å².